The van der Waals surface area contributed by atoms with Crippen LogP contribution in [0.4, 0.5) is 0 Å². The van der Waals surface area contributed by atoms with Crippen molar-refractivity contribution in [3.63, 3.8) is 0 Å². The number of hydrogen-bond acceptors (Lipinski definition) is 1. The first kappa shape index (κ1) is 24.6. The molecule has 0 nitrogen and oxygen atoms in total. The predicted octanol–water partition coefficient (Wildman–Crippen LogP) is 12.0. The lowest BCUT2D eigenvalue weighted by Gasteiger charge is -2.14. The summed E-state index contributed by atoms with van der Waals surface area (Å²) in [5.41, 5.74) is 8.37. The Hall–Kier alpha value is -3.94. The van der Waals surface area contributed by atoms with Crippen LogP contribution < -0.4 is 0 Å². The van der Waals surface area contributed by atoms with Crippen LogP contribution in [0.25, 0.3) is 64.0 Å². The summed E-state index contributed by atoms with van der Waals surface area (Å²) in [6.07, 6.45) is 3.67. The van der Waals surface area contributed by atoms with E-state index >= 15 is 0 Å². The zero-order valence-electron chi connectivity index (χ0n) is 24.2. The van der Waals surface area contributed by atoms with E-state index in [-0.39, 0.29) is 0 Å². The van der Waals surface area contributed by atoms with Crippen molar-refractivity contribution in [2.45, 2.75) is 39.0 Å². The first-order valence-electron chi connectivity index (χ1n) is 15.7. The molecule has 1 heteroatoms. The van der Waals surface area contributed by atoms with E-state index in [2.05, 4.69) is 123 Å². The summed E-state index contributed by atoms with van der Waals surface area (Å²) in [6.45, 7) is 4.72. The van der Waals surface area contributed by atoms with Crippen molar-refractivity contribution in [3.05, 3.63) is 120 Å². The molecule has 1 heterocycles. The van der Waals surface area contributed by atoms with Gasteiger partial charge in [0.1, 0.15) is 0 Å². The van der Waals surface area contributed by atoms with Crippen molar-refractivity contribution >= 4 is 53.1 Å². The molecule has 0 saturated heterocycles. The van der Waals surface area contributed by atoms with Gasteiger partial charge in [0.05, 0.1) is 0 Å². The molecule has 2 aliphatic carbocycles. The highest BCUT2D eigenvalue weighted by Gasteiger charge is 2.71. The molecule has 2 fully saturated rings. The Morgan fingerprint density at radius 2 is 1.33 bits per heavy atom. The summed E-state index contributed by atoms with van der Waals surface area (Å²) in [7, 11) is 0. The van der Waals surface area contributed by atoms with E-state index in [4.69, 9.17) is 0 Å². The van der Waals surface area contributed by atoms with E-state index in [0.717, 1.165) is 23.7 Å². The first-order valence-corrected chi connectivity index (χ1v) is 16.5. The Labute approximate surface area is 251 Å². The molecule has 0 spiro atoms. The fraction of sp³-hybridized carbons (Fsp3) is 0.220. The fourth-order valence-corrected chi connectivity index (χ4v) is 9.05. The highest BCUT2D eigenvalue weighted by Crippen LogP contribution is 2.77. The quantitative estimate of drug-likeness (QED) is 0.178. The molecule has 0 bridgehead atoms. The Morgan fingerprint density at radius 3 is 2.10 bits per heavy atom. The second-order valence-electron chi connectivity index (χ2n) is 12.8. The normalized spacial score (nSPS) is 20.9. The third-order valence-corrected chi connectivity index (χ3v) is 11.6. The van der Waals surface area contributed by atoms with Crippen LogP contribution in [0.1, 0.15) is 43.7 Å². The van der Waals surface area contributed by atoms with Crippen molar-refractivity contribution in [1.82, 2.24) is 0 Å². The molecule has 2 atom stereocenters. The lowest BCUT2D eigenvalue weighted by molar-refractivity contribution is 0.607. The van der Waals surface area contributed by atoms with Gasteiger partial charge in [-0.2, -0.15) is 0 Å². The molecule has 2 unspecified atom stereocenters. The monoisotopic (exact) mass is 558 g/mol. The van der Waals surface area contributed by atoms with Gasteiger partial charge in [0.15, 0.2) is 0 Å². The van der Waals surface area contributed by atoms with Crippen LogP contribution in [-0.2, 0) is 6.42 Å². The molecule has 0 radical (unpaired) electrons. The van der Waals surface area contributed by atoms with E-state index in [0.29, 0.717) is 0 Å². The van der Waals surface area contributed by atoms with Gasteiger partial charge in [0.2, 0.25) is 0 Å². The van der Waals surface area contributed by atoms with Crippen LogP contribution in [0.15, 0.2) is 109 Å². The van der Waals surface area contributed by atoms with Crippen LogP contribution in [0, 0.1) is 17.8 Å². The predicted molar refractivity (Wildman–Crippen MR) is 183 cm³/mol. The molecule has 0 amide bonds. The Kier molecular flexibility index (Phi) is 5.44. The highest BCUT2D eigenvalue weighted by molar-refractivity contribution is 7.26. The third kappa shape index (κ3) is 3.73. The maximum Gasteiger partial charge on any atom is 0.0434 e. The molecule has 0 N–H and O–H groups in total. The Balaban J connectivity index is 1.19. The zero-order chi connectivity index (χ0) is 27.9. The molecule has 7 aromatic rings. The maximum absolute atomic E-state index is 2.56. The van der Waals surface area contributed by atoms with Crippen LogP contribution >= 0.6 is 11.3 Å². The second kappa shape index (κ2) is 9.28. The van der Waals surface area contributed by atoms with E-state index < -0.39 is 0 Å². The van der Waals surface area contributed by atoms with Gasteiger partial charge in [-0.3, -0.25) is 0 Å². The van der Waals surface area contributed by atoms with E-state index in [1.807, 2.05) is 11.3 Å². The summed E-state index contributed by atoms with van der Waals surface area (Å²) < 4.78 is 2.85. The van der Waals surface area contributed by atoms with Gasteiger partial charge in [0, 0.05) is 20.2 Å². The standard InChI is InChI=1S/C41H34S/c1-3-4-9-25-14-19-37-35(20-25)36-23-29(40-38-24(2)39(38)40)22-34(41(36)42-37)27-17-15-26(16-18-27)33-21-28-10-5-6-11-30(28)31-12-7-8-13-32(31)33/h5-8,10-24,38-40H,3-4,9H2,1-2H3. The zero-order valence-corrected chi connectivity index (χ0v) is 25.0. The molecule has 6 aromatic carbocycles. The van der Waals surface area contributed by atoms with Crippen molar-refractivity contribution in [2.75, 3.05) is 0 Å². The number of thiophene rings is 1. The van der Waals surface area contributed by atoms with Crippen LogP contribution in [0.2, 0.25) is 0 Å². The molecule has 42 heavy (non-hydrogen) atoms. The minimum atomic E-state index is 0.768. The molecule has 1 aromatic heterocycles. The molecular weight excluding hydrogens is 525 g/mol. The molecule has 2 aliphatic rings. The van der Waals surface area contributed by atoms with Gasteiger partial charge in [0.25, 0.3) is 0 Å². The smallest absolute Gasteiger partial charge is 0.0434 e. The Bertz CT molecular complexity index is 2150. The summed E-state index contributed by atoms with van der Waals surface area (Å²) >= 11 is 1.97. The second-order valence-corrected chi connectivity index (χ2v) is 13.8. The fourth-order valence-electron chi connectivity index (χ4n) is 7.85. The lowest BCUT2D eigenvalue weighted by Crippen LogP contribution is -1.96. The highest BCUT2D eigenvalue weighted by atomic mass is 32.1. The summed E-state index contributed by atoms with van der Waals surface area (Å²) in [6, 6.07) is 41.7. The molecule has 0 aliphatic heterocycles. The largest absolute Gasteiger partial charge is 0.135 e. The minimum Gasteiger partial charge on any atom is -0.135 e. The van der Waals surface area contributed by atoms with Crippen LogP contribution in [0.5, 0.6) is 0 Å². The van der Waals surface area contributed by atoms with Crippen LogP contribution in [-0.4, -0.2) is 0 Å². The summed E-state index contributed by atoms with van der Waals surface area (Å²) in [5.74, 6) is 3.53. The SMILES string of the molecule is CCCCc1ccc2sc3c(-c4ccc(-c5cc6ccccc6c6ccccc56)cc4)cc(C4C5C(C)C45)cc3c2c1. The van der Waals surface area contributed by atoms with Crippen molar-refractivity contribution in [1.29, 1.82) is 0 Å². The van der Waals surface area contributed by atoms with E-state index in [1.165, 1.54) is 88.8 Å². The number of hydrogen-bond donors (Lipinski definition) is 0. The third-order valence-electron chi connectivity index (χ3n) is 10.3. The number of rotatable bonds is 6. The maximum atomic E-state index is 2.56. The van der Waals surface area contributed by atoms with Crippen LogP contribution in [0.3, 0.4) is 0 Å². The average molecular weight is 559 g/mol. The van der Waals surface area contributed by atoms with Crippen molar-refractivity contribution in [2.24, 2.45) is 17.8 Å². The van der Waals surface area contributed by atoms with Gasteiger partial charge in [-0.25, -0.2) is 0 Å². The lowest BCUT2D eigenvalue weighted by atomic mass is 9.90. The number of fused-ring (bicyclic) bond motifs is 7. The number of unbranched alkanes of at least 4 members (excludes halogenated alkanes) is 1. The summed E-state index contributed by atoms with van der Waals surface area (Å²) in [4.78, 5) is 0. The van der Waals surface area contributed by atoms with Crippen molar-refractivity contribution in [3.8, 4) is 22.3 Å². The van der Waals surface area contributed by atoms with Gasteiger partial charge in [-0.15, -0.1) is 11.3 Å². The molecule has 9 rings (SSSR count). The topological polar surface area (TPSA) is 0 Å². The van der Waals surface area contributed by atoms with Crippen molar-refractivity contribution < 1.29 is 0 Å². The first-order chi connectivity index (χ1) is 20.7. The van der Waals surface area contributed by atoms with Gasteiger partial charge in [-0.05, 0) is 122 Å². The number of benzene rings is 6. The number of aryl methyl sites for hydroxylation is 1. The van der Waals surface area contributed by atoms with Gasteiger partial charge < -0.3 is 0 Å². The van der Waals surface area contributed by atoms with E-state index in [9.17, 15) is 0 Å². The molecular formula is C41H34S. The summed E-state index contributed by atoms with van der Waals surface area (Å²) in [5, 5.41) is 8.18. The van der Waals surface area contributed by atoms with Gasteiger partial charge in [-0.1, -0.05) is 99.1 Å². The molecule has 204 valence electrons. The van der Waals surface area contributed by atoms with E-state index in [1.54, 1.807) is 5.56 Å². The average Bonchev–Trinajstić information content (AvgIpc) is 3.92. The minimum absolute atomic E-state index is 0.768. The molecule has 2 saturated carbocycles. The Morgan fingerprint density at radius 1 is 0.619 bits per heavy atom. The van der Waals surface area contributed by atoms with Gasteiger partial charge >= 0.3 is 0 Å².